The summed E-state index contributed by atoms with van der Waals surface area (Å²) >= 11 is 1.35. The zero-order chi connectivity index (χ0) is 9.76. The second-order valence-corrected chi connectivity index (χ2v) is 4.91. The summed E-state index contributed by atoms with van der Waals surface area (Å²) in [5.74, 6) is 0. The van der Waals surface area contributed by atoms with E-state index in [9.17, 15) is 5.11 Å². The first-order valence-electron chi connectivity index (χ1n) is 4.24. The van der Waals surface area contributed by atoms with Crippen molar-refractivity contribution < 1.29 is 5.11 Å². The fourth-order valence-corrected chi connectivity index (χ4v) is 2.56. The van der Waals surface area contributed by atoms with E-state index in [1.165, 1.54) is 11.8 Å². The van der Waals surface area contributed by atoms with Gasteiger partial charge in [-0.3, -0.25) is 4.57 Å². The number of thioether (sulfide) groups is 1. The first-order chi connectivity index (χ1) is 6.66. The average molecular weight is 208 g/mol. The van der Waals surface area contributed by atoms with Gasteiger partial charge < -0.3 is 5.11 Å². The monoisotopic (exact) mass is 208 g/mol. The van der Waals surface area contributed by atoms with Crippen molar-refractivity contribution in [1.29, 1.82) is 0 Å². The predicted octanol–water partition coefficient (Wildman–Crippen LogP) is 0.640. The smallest absolute Gasteiger partial charge is 0.198 e. The summed E-state index contributed by atoms with van der Waals surface area (Å²) in [6.07, 6.45) is 3.25. The van der Waals surface area contributed by atoms with Crippen molar-refractivity contribution in [3.8, 4) is 0 Å². The molecule has 0 saturated heterocycles. The third-order valence-corrected chi connectivity index (χ3v) is 3.17. The molecule has 2 aromatic heterocycles. The van der Waals surface area contributed by atoms with Crippen LogP contribution in [0.25, 0.3) is 11.3 Å². The molecule has 2 aromatic rings. The summed E-state index contributed by atoms with van der Waals surface area (Å²) in [4.78, 5) is 11.8. The minimum absolute atomic E-state index is 0.516. The molecule has 5 nitrogen and oxygen atoms in total. The normalized spacial score (nSPS) is 25.6. The van der Waals surface area contributed by atoms with E-state index >= 15 is 0 Å². The van der Waals surface area contributed by atoms with Gasteiger partial charge in [0, 0.05) is 12.4 Å². The Labute approximate surface area is 84.2 Å². The summed E-state index contributed by atoms with van der Waals surface area (Å²) < 4.78 is 1.90. The summed E-state index contributed by atoms with van der Waals surface area (Å²) in [6.45, 7) is 2.29. The van der Waals surface area contributed by atoms with Gasteiger partial charge in [-0.1, -0.05) is 11.8 Å². The highest BCUT2D eigenvalue weighted by molar-refractivity contribution is 8.00. The molecule has 0 amide bonds. The van der Waals surface area contributed by atoms with Crippen molar-refractivity contribution in [2.45, 2.75) is 23.6 Å². The highest BCUT2D eigenvalue weighted by Crippen LogP contribution is 2.39. The molecule has 1 aliphatic heterocycles. The second-order valence-electron chi connectivity index (χ2n) is 3.46. The fourth-order valence-electron chi connectivity index (χ4n) is 1.58. The molecule has 72 valence electrons. The van der Waals surface area contributed by atoms with Gasteiger partial charge in [0.05, 0.1) is 6.54 Å². The maximum absolute atomic E-state index is 9.82. The van der Waals surface area contributed by atoms with Gasteiger partial charge in [0.2, 0.25) is 0 Å². The van der Waals surface area contributed by atoms with E-state index in [0.717, 1.165) is 10.8 Å². The van der Waals surface area contributed by atoms with Crippen molar-refractivity contribution in [2.24, 2.45) is 0 Å². The standard InChI is InChI=1S/C8H8N4OS/c1-8(13)4-12-6-5(9-2-3-10-6)11-7(12)14-8/h2-3,13H,4H2,1H3/t8-/m0/s1. The van der Waals surface area contributed by atoms with E-state index < -0.39 is 4.93 Å². The van der Waals surface area contributed by atoms with E-state index in [-0.39, 0.29) is 0 Å². The number of fused-ring (bicyclic) bond motifs is 3. The molecule has 0 spiro atoms. The lowest BCUT2D eigenvalue weighted by atomic mass is 10.4. The Morgan fingerprint density at radius 3 is 3.14 bits per heavy atom. The number of imidazole rings is 1. The molecule has 0 fully saturated rings. The molecule has 3 heterocycles. The molecule has 1 atom stereocenters. The SMILES string of the molecule is C[C@@]1(O)Cn2c(nc3nccnc32)S1. The van der Waals surface area contributed by atoms with Crippen LogP contribution in [0.2, 0.25) is 0 Å². The van der Waals surface area contributed by atoms with Gasteiger partial charge in [-0.2, -0.15) is 0 Å². The van der Waals surface area contributed by atoms with Gasteiger partial charge in [-0.25, -0.2) is 15.0 Å². The first-order valence-corrected chi connectivity index (χ1v) is 5.06. The summed E-state index contributed by atoms with van der Waals surface area (Å²) in [6, 6.07) is 0. The Morgan fingerprint density at radius 1 is 1.50 bits per heavy atom. The third kappa shape index (κ3) is 1.04. The maximum Gasteiger partial charge on any atom is 0.198 e. The van der Waals surface area contributed by atoms with Crippen LogP contribution in [-0.4, -0.2) is 29.6 Å². The lowest BCUT2D eigenvalue weighted by Gasteiger charge is -2.12. The Hall–Kier alpha value is -1.14. The molecule has 0 unspecified atom stereocenters. The van der Waals surface area contributed by atoms with Gasteiger partial charge in [-0.05, 0) is 6.92 Å². The van der Waals surface area contributed by atoms with Crippen LogP contribution in [0.1, 0.15) is 6.92 Å². The first kappa shape index (κ1) is 8.19. The minimum Gasteiger partial charge on any atom is -0.377 e. The molecule has 0 aliphatic carbocycles. The number of aromatic nitrogens is 4. The maximum atomic E-state index is 9.82. The summed E-state index contributed by atoms with van der Waals surface area (Å²) in [7, 11) is 0. The molecule has 0 radical (unpaired) electrons. The van der Waals surface area contributed by atoms with Crippen LogP contribution in [0.4, 0.5) is 0 Å². The van der Waals surface area contributed by atoms with Crippen molar-refractivity contribution in [1.82, 2.24) is 19.5 Å². The van der Waals surface area contributed by atoms with Gasteiger partial charge >= 0.3 is 0 Å². The molecule has 1 N–H and O–H groups in total. The van der Waals surface area contributed by atoms with E-state index in [1.807, 2.05) is 4.57 Å². The van der Waals surface area contributed by atoms with Crippen LogP contribution in [0.5, 0.6) is 0 Å². The number of hydrogen-bond donors (Lipinski definition) is 1. The van der Waals surface area contributed by atoms with Crippen LogP contribution >= 0.6 is 11.8 Å². The Bertz CT molecular complexity index is 507. The number of hydrogen-bond acceptors (Lipinski definition) is 5. The fraction of sp³-hybridized carbons (Fsp3) is 0.375. The lowest BCUT2D eigenvalue weighted by Crippen LogP contribution is -2.19. The molecule has 14 heavy (non-hydrogen) atoms. The molecule has 6 heteroatoms. The van der Waals surface area contributed by atoms with Gasteiger partial charge in [0.25, 0.3) is 0 Å². The van der Waals surface area contributed by atoms with E-state index in [0.29, 0.717) is 12.2 Å². The van der Waals surface area contributed by atoms with Crippen LogP contribution < -0.4 is 0 Å². The highest BCUT2D eigenvalue weighted by Gasteiger charge is 2.34. The third-order valence-electron chi connectivity index (χ3n) is 2.11. The van der Waals surface area contributed by atoms with Gasteiger partial charge in [0.1, 0.15) is 4.93 Å². The summed E-state index contributed by atoms with van der Waals surface area (Å²) in [5, 5.41) is 10.6. The van der Waals surface area contributed by atoms with E-state index in [2.05, 4.69) is 15.0 Å². The Balaban J connectivity index is 2.26. The van der Waals surface area contributed by atoms with E-state index in [1.54, 1.807) is 19.3 Å². The van der Waals surface area contributed by atoms with Crippen LogP contribution in [0.15, 0.2) is 17.6 Å². The number of nitrogens with zero attached hydrogens (tertiary/aromatic N) is 4. The predicted molar refractivity (Wildman–Crippen MR) is 51.8 cm³/mol. The zero-order valence-electron chi connectivity index (χ0n) is 7.51. The highest BCUT2D eigenvalue weighted by atomic mass is 32.2. The topological polar surface area (TPSA) is 63.8 Å². The van der Waals surface area contributed by atoms with Gasteiger partial charge in [0.15, 0.2) is 16.5 Å². The molecular formula is C8H8N4OS. The molecule has 0 aromatic carbocycles. The largest absolute Gasteiger partial charge is 0.377 e. The molecular weight excluding hydrogens is 200 g/mol. The molecule has 0 saturated carbocycles. The molecule has 1 aliphatic rings. The van der Waals surface area contributed by atoms with Crippen molar-refractivity contribution >= 4 is 23.1 Å². The van der Waals surface area contributed by atoms with Crippen molar-refractivity contribution in [3.63, 3.8) is 0 Å². The Morgan fingerprint density at radius 2 is 2.29 bits per heavy atom. The zero-order valence-corrected chi connectivity index (χ0v) is 8.32. The molecule has 0 bridgehead atoms. The van der Waals surface area contributed by atoms with Crippen LogP contribution in [-0.2, 0) is 6.54 Å². The average Bonchev–Trinajstić information content (AvgIpc) is 2.56. The van der Waals surface area contributed by atoms with Gasteiger partial charge in [-0.15, -0.1) is 0 Å². The van der Waals surface area contributed by atoms with Crippen molar-refractivity contribution in [2.75, 3.05) is 0 Å². The second kappa shape index (κ2) is 2.46. The number of rotatable bonds is 0. The quantitative estimate of drug-likeness (QED) is 0.688. The lowest BCUT2D eigenvalue weighted by molar-refractivity contribution is 0.145. The van der Waals surface area contributed by atoms with Crippen LogP contribution in [0, 0.1) is 0 Å². The van der Waals surface area contributed by atoms with E-state index in [4.69, 9.17) is 0 Å². The Kier molecular flexibility index (Phi) is 1.44. The molecule has 3 rings (SSSR count). The summed E-state index contributed by atoms with van der Waals surface area (Å²) in [5.41, 5.74) is 1.39. The number of aliphatic hydroxyl groups is 1. The minimum atomic E-state index is -0.770. The van der Waals surface area contributed by atoms with Crippen LogP contribution in [0.3, 0.4) is 0 Å². The van der Waals surface area contributed by atoms with Crippen molar-refractivity contribution in [3.05, 3.63) is 12.4 Å².